The number of amides is 1. The lowest BCUT2D eigenvalue weighted by molar-refractivity contribution is -0.304. The summed E-state index contributed by atoms with van der Waals surface area (Å²) < 4.78 is 11.3. The van der Waals surface area contributed by atoms with Crippen LogP contribution < -0.4 is 11.1 Å². The Hall–Kier alpha value is -0.650. The minimum atomic E-state index is -0.716. The first kappa shape index (κ1) is 14.4. The molecule has 1 fully saturated rings. The number of rotatable bonds is 3. The van der Waals surface area contributed by atoms with E-state index in [1.54, 1.807) is 0 Å². The van der Waals surface area contributed by atoms with Crippen LogP contribution in [0.3, 0.4) is 0 Å². The molecule has 0 aromatic heterocycles. The van der Waals surface area contributed by atoms with Crippen LogP contribution in [0.5, 0.6) is 0 Å². The van der Waals surface area contributed by atoms with E-state index in [4.69, 9.17) is 15.2 Å². The molecule has 1 heterocycles. The van der Waals surface area contributed by atoms with Gasteiger partial charge in [0.25, 0.3) is 0 Å². The molecule has 0 aliphatic carbocycles. The number of carbonyl (C=O) groups is 1. The van der Waals surface area contributed by atoms with Crippen LogP contribution in [-0.2, 0) is 14.3 Å². The molecule has 17 heavy (non-hydrogen) atoms. The van der Waals surface area contributed by atoms with Gasteiger partial charge in [0.05, 0.1) is 6.61 Å². The van der Waals surface area contributed by atoms with Gasteiger partial charge >= 0.3 is 0 Å². The molecule has 1 aliphatic heterocycles. The van der Waals surface area contributed by atoms with E-state index >= 15 is 0 Å². The topological polar surface area (TPSA) is 73.6 Å². The van der Waals surface area contributed by atoms with Gasteiger partial charge in [-0.25, -0.2) is 0 Å². The highest BCUT2D eigenvalue weighted by atomic mass is 16.7. The number of nitrogens with two attached hydrogens (primary N) is 1. The van der Waals surface area contributed by atoms with Gasteiger partial charge in [0.2, 0.25) is 5.91 Å². The molecule has 5 nitrogen and oxygen atoms in total. The normalized spacial score (nSPS) is 28.5. The Morgan fingerprint density at radius 3 is 2.59 bits per heavy atom. The van der Waals surface area contributed by atoms with Gasteiger partial charge in [0, 0.05) is 18.0 Å². The highest BCUT2D eigenvalue weighted by molar-refractivity contribution is 5.81. The Bertz CT molecular complexity index is 287. The highest BCUT2D eigenvalue weighted by Crippen LogP contribution is 2.34. The van der Waals surface area contributed by atoms with Crippen molar-refractivity contribution < 1.29 is 14.3 Å². The molecule has 1 amide bonds. The quantitative estimate of drug-likeness (QED) is 0.763. The molecule has 0 spiro atoms. The zero-order valence-electron chi connectivity index (χ0n) is 11.4. The molecule has 3 N–H and O–H groups in total. The van der Waals surface area contributed by atoms with E-state index in [-0.39, 0.29) is 17.4 Å². The summed E-state index contributed by atoms with van der Waals surface area (Å²) in [5.74, 6) is -0.838. The Balaban J connectivity index is 2.67. The fraction of sp³-hybridized carbons (Fsp3) is 0.917. The largest absolute Gasteiger partial charge is 0.352 e. The average molecular weight is 244 g/mol. The van der Waals surface area contributed by atoms with Crippen molar-refractivity contribution in [3.63, 3.8) is 0 Å². The first-order chi connectivity index (χ1) is 7.64. The van der Waals surface area contributed by atoms with Crippen molar-refractivity contribution in [2.24, 2.45) is 11.1 Å². The second kappa shape index (κ2) is 4.92. The lowest BCUT2D eigenvalue weighted by Gasteiger charge is -2.44. The Kier molecular flexibility index (Phi) is 4.17. The van der Waals surface area contributed by atoms with Gasteiger partial charge < -0.3 is 20.5 Å². The number of ether oxygens (including phenoxy) is 2. The molecule has 100 valence electrons. The van der Waals surface area contributed by atoms with Gasteiger partial charge in [-0.3, -0.25) is 4.79 Å². The van der Waals surface area contributed by atoms with E-state index in [1.165, 1.54) is 0 Å². The molecule has 0 aromatic rings. The highest BCUT2D eigenvalue weighted by Gasteiger charge is 2.45. The third kappa shape index (κ3) is 3.94. The Labute approximate surface area is 103 Å². The summed E-state index contributed by atoms with van der Waals surface area (Å²) in [6, 6.07) is -0.0603. The molecule has 1 saturated heterocycles. The van der Waals surface area contributed by atoms with Crippen LogP contribution in [0.1, 0.15) is 34.6 Å². The molecular formula is C12H24N2O3. The van der Waals surface area contributed by atoms with Gasteiger partial charge in [-0.05, 0) is 20.8 Å². The molecule has 0 bridgehead atoms. The van der Waals surface area contributed by atoms with Crippen molar-refractivity contribution in [1.82, 2.24) is 5.32 Å². The van der Waals surface area contributed by atoms with Crippen LogP contribution in [0, 0.1) is 5.41 Å². The van der Waals surface area contributed by atoms with Crippen molar-refractivity contribution in [1.29, 1.82) is 0 Å². The SMILES string of the molecule is C[C@H](N)CNC(=O)[C@H]1OC(C)(C)OCC1(C)C. The molecule has 0 radical (unpaired) electrons. The summed E-state index contributed by atoms with van der Waals surface area (Å²) in [5.41, 5.74) is 5.28. The summed E-state index contributed by atoms with van der Waals surface area (Å²) in [5, 5.41) is 2.80. The van der Waals surface area contributed by atoms with E-state index in [9.17, 15) is 4.79 Å². The second-order valence-electron chi connectivity index (χ2n) is 5.90. The molecule has 0 unspecified atom stereocenters. The maximum absolute atomic E-state index is 12.1. The van der Waals surface area contributed by atoms with Crippen molar-refractivity contribution in [2.45, 2.75) is 52.6 Å². The van der Waals surface area contributed by atoms with E-state index in [2.05, 4.69) is 5.32 Å². The van der Waals surface area contributed by atoms with Crippen molar-refractivity contribution in [2.75, 3.05) is 13.2 Å². The second-order valence-corrected chi connectivity index (χ2v) is 5.90. The summed E-state index contributed by atoms with van der Waals surface area (Å²) in [4.78, 5) is 12.1. The third-order valence-electron chi connectivity index (χ3n) is 2.74. The average Bonchev–Trinajstić information content (AvgIpc) is 2.19. The van der Waals surface area contributed by atoms with E-state index in [0.717, 1.165) is 0 Å². The number of hydrogen-bond donors (Lipinski definition) is 2. The molecule has 2 atom stereocenters. The van der Waals surface area contributed by atoms with E-state index in [1.807, 2.05) is 34.6 Å². The van der Waals surface area contributed by atoms with Crippen LogP contribution in [0.4, 0.5) is 0 Å². The monoisotopic (exact) mass is 244 g/mol. The van der Waals surface area contributed by atoms with Gasteiger partial charge in [0.15, 0.2) is 5.79 Å². The fourth-order valence-corrected chi connectivity index (χ4v) is 1.68. The lowest BCUT2D eigenvalue weighted by Crippen LogP contribution is -2.57. The maximum atomic E-state index is 12.1. The number of nitrogens with one attached hydrogen (secondary N) is 1. The standard InChI is InChI=1S/C12H24N2O3/c1-8(13)6-14-10(15)9-11(2,3)7-16-12(4,5)17-9/h8-9H,6-7,13H2,1-5H3,(H,14,15)/t8-,9+/m0/s1. The van der Waals surface area contributed by atoms with Crippen molar-refractivity contribution >= 4 is 5.91 Å². The molecule has 0 saturated carbocycles. The zero-order valence-corrected chi connectivity index (χ0v) is 11.4. The van der Waals surface area contributed by atoms with Crippen LogP contribution in [0.15, 0.2) is 0 Å². The summed E-state index contributed by atoms with van der Waals surface area (Å²) >= 11 is 0. The third-order valence-corrected chi connectivity index (χ3v) is 2.74. The van der Waals surface area contributed by atoms with Gasteiger partial charge in [-0.1, -0.05) is 13.8 Å². The van der Waals surface area contributed by atoms with Crippen LogP contribution in [0.2, 0.25) is 0 Å². The molecule has 5 heteroatoms. The van der Waals surface area contributed by atoms with E-state index < -0.39 is 11.9 Å². The molecule has 0 aromatic carbocycles. The van der Waals surface area contributed by atoms with Crippen molar-refractivity contribution in [3.8, 4) is 0 Å². The van der Waals surface area contributed by atoms with Gasteiger partial charge in [-0.15, -0.1) is 0 Å². The summed E-state index contributed by atoms with van der Waals surface area (Å²) in [7, 11) is 0. The molecule has 1 rings (SSSR count). The smallest absolute Gasteiger partial charge is 0.249 e. The number of carbonyl (C=O) groups excluding carboxylic acids is 1. The fourth-order valence-electron chi connectivity index (χ4n) is 1.68. The van der Waals surface area contributed by atoms with Crippen LogP contribution in [-0.4, -0.2) is 37.0 Å². The summed E-state index contributed by atoms with van der Waals surface area (Å²) in [6.07, 6.45) is -0.509. The predicted octanol–water partition coefficient (Wildman–Crippen LogP) is 0.628. The zero-order chi connectivity index (χ0) is 13.3. The van der Waals surface area contributed by atoms with Gasteiger partial charge in [0.1, 0.15) is 6.10 Å². The first-order valence-corrected chi connectivity index (χ1v) is 5.99. The van der Waals surface area contributed by atoms with Crippen molar-refractivity contribution in [3.05, 3.63) is 0 Å². The van der Waals surface area contributed by atoms with E-state index in [0.29, 0.717) is 13.2 Å². The minimum Gasteiger partial charge on any atom is -0.352 e. The Morgan fingerprint density at radius 2 is 2.06 bits per heavy atom. The lowest BCUT2D eigenvalue weighted by atomic mass is 9.85. The Morgan fingerprint density at radius 1 is 1.47 bits per heavy atom. The maximum Gasteiger partial charge on any atom is 0.249 e. The number of hydrogen-bond acceptors (Lipinski definition) is 4. The van der Waals surface area contributed by atoms with Gasteiger partial charge in [-0.2, -0.15) is 0 Å². The summed E-state index contributed by atoms with van der Waals surface area (Å²) in [6.45, 7) is 10.3. The molecule has 1 aliphatic rings. The molecular weight excluding hydrogens is 220 g/mol. The first-order valence-electron chi connectivity index (χ1n) is 5.99. The minimum absolute atomic E-state index is 0.0603. The van der Waals surface area contributed by atoms with Crippen LogP contribution in [0.25, 0.3) is 0 Å². The van der Waals surface area contributed by atoms with Crippen LogP contribution >= 0.6 is 0 Å². The predicted molar refractivity (Wildman–Crippen MR) is 65.3 cm³/mol.